The quantitative estimate of drug-likeness (QED) is 0.207. The zero-order chi connectivity index (χ0) is 34.3. The summed E-state index contributed by atoms with van der Waals surface area (Å²) in [7, 11) is 0. The van der Waals surface area contributed by atoms with Gasteiger partial charge in [-0.15, -0.1) is 5.10 Å². The number of nitrogens with two attached hydrogens (primary N) is 1. The van der Waals surface area contributed by atoms with E-state index >= 15 is 0 Å². The first-order valence-electron chi connectivity index (χ1n) is 18.1. The number of ether oxygens (including phenoxy) is 1. The lowest BCUT2D eigenvalue weighted by atomic mass is 9.35. The number of Topliss-reactive ketones (excluding diaryl/α,β-unsaturated/α-hetero) is 1. The number of ketones is 1. The van der Waals surface area contributed by atoms with Crippen molar-refractivity contribution < 1.29 is 24.5 Å². The summed E-state index contributed by atoms with van der Waals surface area (Å²) in [5, 5.41) is 32.9. The first-order chi connectivity index (χ1) is 22.0. The van der Waals surface area contributed by atoms with Gasteiger partial charge >= 0.3 is 5.97 Å². The van der Waals surface area contributed by atoms with E-state index < -0.39 is 23.9 Å². The molecule has 0 saturated heterocycles. The van der Waals surface area contributed by atoms with Crippen LogP contribution in [0.5, 0.6) is 0 Å². The summed E-state index contributed by atoms with van der Waals surface area (Å²) in [6.07, 6.45) is 8.41. The number of aliphatic hydroxyl groups excluding tert-OH is 2. The lowest BCUT2D eigenvalue weighted by Crippen LogP contribution is -2.69. The van der Waals surface area contributed by atoms with Gasteiger partial charge in [-0.25, -0.2) is 4.68 Å². The number of aliphatic hydroxyl groups is 2. The molecule has 0 bridgehead atoms. The molecule has 9 nitrogen and oxygen atoms in total. The number of esters is 1. The Hall–Kier alpha value is -2.36. The van der Waals surface area contributed by atoms with Gasteiger partial charge in [0.25, 0.3) is 0 Å². The van der Waals surface area contributed by atoms with E-state index in [1.807, 2.05) is 10.9 Å². The van der Waals surface area contributed by atoms with Gasteiger partial charge in [0.05, 0.1) is 29.6 Å². The number of carbonyl (C=O) groups excluding carboxylic acids is 2. The van der Waals surface area contributed by atoms with Crippen LogP contribution < -0.4 is 5.73 Å². The van der Waals surface area contributed by atoms with Crippen molar-refractivity contribution >= 4 is 11.8 Å². The van der Waals surface area contributed by atoms with Crippen molar-refractivity contribution in [2.24, 2.45) is 45.7 Å². The highest BCUT2D eigenvalue weighted by Crippen LogP contribution is 2.75. The second-order valence-corrected chi connectivity index (χ2v) is 17.0. The predicted molar refractivity (Wildman–Crippen MR) is 180 cm³/mol. The highest BCUT2D eigenvalue weighted by Gasteiger charge is 2.72. The maximum atomic E-state index is 13.7. The fourth-order valence-corrected chi connectivity index (χ4v) is 12.3. The molecule has 1 unspecified atom stereocenters. The minimum absolute atomic E-state index is 0.0515. The highest BCUT2D eigenvalue weighted by molar-refractivity contribution is 5.95. The van der Waals surface area contributed by atoms with Crippen LogP contribution in [0, 0.1) is 39.9 Å². The smallest absolute Gasteiger partial charge is 0.303 e. The molecule has 1 aromatic rings. The van der Waals surface area contributed by atoms with E-state index in [0.29, 0.717) is 25.0 Å². The second kappa shape index (κ2) is 11.9. The van der Waals surface area contributed by atoms with E-state index in [1.54, 1.807) is 6.92 Å². The maximum absolute atomic E-state index is 13.7. The molecule has 5 saturated carbocycles. The molecule has 9 heteroatoms. The van der Waals surface area contributed by atoms with Gasteiger partial charge in [0, 0.05) is 19.0 Å². The van der Waals surface area contributed by atoms with Crippen molar-refractivity contribution in [1.29, 1.82) is 0 Å². The normalized spacial score (nSPS) is 44.2. The Balaban J connectivity index is 1.46. The van der Waals surface area contributed by atoms with Gasteiger partial charge in [0.15, 0.2) is 5.78 Å². The molecule has 47 heavy (non-hydrogen) atoms. The highest BCUT2D eigenvalue weighted by atomic mass is 16.5. The number of rotatable bonds is 5. The lowest BCUT2D eigenvalue weighted by molar-refractivity contribution is -0.249. The average molecular weight is 651 g/mol. The number of carbonyl (C=O) groups is 2. The molecule has 0 aliphatic heterocycles. The molecule has 11 atom stereocenters. The molecule has 6 rings (SSSR count). The standard InChI is InChI=1S/C38H58N4O5/c1-21(2)24-10-9-11-25(16-24)32(22(3)43)33-27-17-28(45)34-35(5)14-13-31(46)38(8,42-20-26(19-39)40-41-42)30(35)12-15-36(34,6)37(27,7)18-29(33)47-23(4)44/h20,25,27-31,34,45-46H,9-19,39H2,1-8H3/b33-32+/t25?,27-,28+,29-,30+,31+,34-,35-,36-,37-,38+/m0/s1. The van der Waals surface area contributed by atoms with Gasteiger partial charge in [-0.3, -0.25) is 9.59 Å². The molecule has 1 aromatic heterocycles. The van der Waals surface area contributed by atoms with Crippen molar-refractivity contribution in [1.82, 2.24) is 15.0 Å². The summed E-state index contributed by atoms with van der Waals surface area (Å²) in [5.41, 5.74) is 9.61. The van der Waals surface area contributed by atoms with Crippen LogP contribution in [0.3, 0.4) is 0 Å². The Labute approximate surface area is 280 Å². The summed E-state index contributed by atoms with van der Waals surface area (Å²) >= 11 is 0. The van der Waals surface area contributed by atoms with Gasteiger partial charge < -0.3 is 20.7 Å². The molecule has 5 aliphatic rings. The van der Waals surface area contributed by atoms with E-state index in [4.69, 9.17) is 10.5 Å². The van der Waals surface area contributed by atoms with Crippen LogP contribution in [0.2, 0.25) is 0 Å². The van der Waals surface area contributed by atoms with E-state index in [0.717, 1.165) is 56.1 Å². The van der Waals surface area contributed by atoms with Crippen LogP contribution in [-0.4, -0.2) is 55.3 Å². The molecular formula is C38H58N4O5. The third-order valence-electron chi connectivity index (χ3n) is 14.6. The minimum atomic E-state index is -0.696. The molecule has 1 heterocycles. The van der Waals surface area contributed by atoms with Crippen LogP contribution >= 0.6 is 0 Å². The Morgan fingerprint density at radius 2 is 1.77 bits per heavy atom. The third kappa shape index (κ3) is 5.03. The fourth-order valence-electron chi connectivity index (χ4n) is 12.3. The number of hydrogen-bond acceptors (Lipinski definition) is 8. The lowest BCUT2D eigenvalue weighted by Gasteiger charge is -2.70. The first kappa shape index (κ1) is 34.5. The molecule has 0 aromatic carbocycles. The Bertz CT molecular complexity index is 1490. The molecule has 0 amide bonds. The maximum Gasteiger partial charge on any atom is 0.303 e. The average Bonchev–Trinajstić information content (AvgIpc) is 3.59. The molecule has 0 spiro atoms. The van der Waals surface area contributed by atoms with Gasteiger partial charge in [0.1, 0.15) is 6.10 Å². The van der Waals surface area contributed by atoms with Crippen LogP contribution in [0.4, 0.5) is 0 Å². The Kier molecular flexibility index (Phi) is 8.74. The Morgan fingerprint density at radius 3 is 2.38 bits per heavy atom. The van der Waals surface area contributed by atoms with Crippen LogP contribution in [0.15, 0.2) is 28.5 Å². The van der Waals surface area contributed by atoms with Gasteiger partial charge in [-0.05, 0) is 137 Å². The van der Waals surface area contributed by atoms with E-state index in [-0.39, 0.29) is 58.2 Å². The third-order valence-corrected chi connectivity index (χ3v) is 14.6. The molecule has 260 valence electrons. The minimum Gasteiger partial charge on any atom is -0.458 e. The summed E-state index contributed by atoms with van der Waals surface area (Å²) in [6.45, 7) is 16.9. The van der Waals surface area contributed by atoms with Crippen molar-refractivity contribution in [3.8, 4) is 0 Å². The molecular weight excluding hydrogens is 592 g/mol. The van der Waals surface area contributed by atoms with Gasteiger partial charge in [-0.2, -0.15) is 0 Å². The van der Waals surface area contributed by atoms with E-state index in [1.165, 1.54) is 18.1 Å². The largest absolute Gasteiger partial charge is 0.458 e. The van der Waals surface area contributed by atoms with E-state index in [2.05, 4.69) is 51.9 Å². The topological polar surface area (TPSA) is 141 Å². The second-order valence-electron chi connectivity index (χ2n) is 17.0. The summed E-state index contributed by atoms with van der Waals surface area (Å²) < 4.78 is 8.03. The Morgan fingerprint density at radius 1 is 1.04 bits per heavy atom. The molecule has 5 aliphatic carbocycles. The first-order valence-corrected chi connectivity index (χ1v) is 18.1. The molecule has 4 N–H and O–H groups in total. The van der Waals surface area contributed by atoms with Gasteiger partial charge in [-0.1, -0.05) is 37.1 Å². The number of aromatic nitrogens is 3. The van der Waals surface area contributed by atoms with Crippen LogP contribution in [-0.2, 0) is 26.4 Å². The van der Waals surface area contributed by atoms with Crippen molar-refractivity contribution in [3.05, 3.63) is 34.2 Å². The zero-order valence-electron chi connectivity index (χ0n) is 29.9. The predicted octanol–water partition coefficient (Wildman–Crippen LogP) is 5.78. The SMILES string of the molecule is CC(=O)O[C@H]1C[C@@]2(C)[C@@H](C[C@@H](O)[C@H]3[C@@]4(C)CC[C@@H](O)[C@](C)(n5cc(CN)nn5)[C@@H]4CC[C@@]32C)/C1=C(/C(C)=O)C1CCCC(=C(C)C)C1. The number of allylic oxidation sites excluding steroid dienone is 3. The van der Waals surface area contributed by atoms with Gasteiger partial charge in [0.2, 0.25) is 0 Å². The van der Waals surface area contributed by atoms with Crippen molar-refractivity contribution in [3.63, 3.8) is 0 Å². The van der Waals surface area contributed by atoms with E-state index in [9.17, 15) is 19.8 Å². The fraction of sp³-hybridized carbons (Fsp3) is 0.789. The van der Waals surface area contributed by atoms with Crippen molar-refractivity contribution in [2.45, 2.75) is 150 Å². The molecule has 0 radical (unpaired) electrons. The number of fused-ring (bicyclic) bond motifs is 5. The molecule has 5 fully saturated rings. The van der Waals surface area contributed by atoms with Crippen molar-refractivity contribution in [2.75, 3.05) is 0 Å². The number of hydrogen-bond donors (Lipinski definition) is 3. The van der Waals surface area contributed by atoms with Crippen LogP contribution in [0.1, 0.15) is 125 Å². The summed E-state index contributed by atoms with van der Waals surface area (Å²) in [5.74, 6) is -0.227. The summed E-state index contributed by atoms with van der Waals surface area (Å²) in [6, 6.07) is 0. The summed E-state index contributed by atoms with van der Waals surface area (Å²) in [4.78, 5) is 26.4. The monoisotopic (exact) mass is 650 g/mol. The van der Waals surface area contributed by atoms with Crippen LogP contribution in [0.25, 0.3) is 0 Å². The number of nitrogens with zero attached hydrogens (tertiary/aromatic N) is 3. The zero-order valence-corrected chi connectivity index (χ0v) is 29.9.